The Morgan fingerprint density at radius 3 is 2.23 bits per heavy atom. The van der Waals surface area contributed by atoms with Crippen molar-refractivity contribution in [3.63, 3.8) is 0 Å². The third-order valence-electron chi connectivity index (χ3n) is 7.50. The Balaban J connectivity index is 1.24. The van der Waals surface area contributed by atoms with Crippen LogP contribution in [0.4, 0.5) is 5.69 Å². The fourth-order valence-electron chi connectivity index (χ4n) is 5.05. The molecule has 5 rings (SSSR count). The van der Waals surface area contributed by atoms with Gasteiger partial charge in [-0.05, 0) is 48.9 Å². The van der Waals surface area contributed by atoms with Crippen molar-refractivity contribution in [2.75, 3.05) is 11.9 Å². The molecule has 1 aromatic heterocycles. The molecule has 7 heteroatoms. The van der Waals surface area contributed by atoms with Gasteiger partial charge in [0.25, 0.3) is 0 Å². The first-order valence-electron chi connectivity index (χ1n) is 14.4. The summed E-state index contributed by atoms with van der Waals surface area (Å²) in [5.74, 6) is 1.53. The van der Waals surface area contributed by atoms with Gasteiger partial charge < -0.3 is 20.2 Å². The number of aryl methyl sites for hydroxylation is 1. The van der Waals surface area contributed by atoms with Gasteiger partial charge in [-0.1, -0.05) is 79.7 Å². The molecule has 7 nitrogen and oxygen atoms in total. The number of amides is 1. The number of para-hydroxylation sites is 1. The van der Waals surface area contributed by atoms with Gasteiger partial charge in [0.15, 0.2) is 5.78 Å². The van der Waals surface area contributed by atoms with E-state index in [2.05, 4.69) is 10.3 Å². The molecule has 43 heavy (non-hydrogen) atoms. The highest BCUT2D eigenvalue weighted by molar-refractivity contribution is 6.12. The van der Waals surface area contributed by atoms with Crippen molar-refractivity contribution in [3.05, 3.63) is 137 Å². The number of nitrogens with zero attached hydrogens (tertiary/aromatic N) is 1. The topological polar surface area (TPSA) is 107 Å². The van der Waals surface area contributed by atoms with Crippen LogP contribution in [-0.2, 0) is 11.2 Å². The highest BCUT2D eigenvalue weighted by Gasteiger charge is 2.23. The minimum absolute atomic E-state index is 0.0874. The Labute approximate surface area is 251 Å². The van der Waals surface area contributed by atoms with Crippen LogP contribution in [0, 0.1) is 6.92 Å². The summed E-state index contributed by atoms with van der Waals surface area (Å²) in [4.78, 5) is 30.0. The number of nitrogens with two attached hydrogens (primary N) is 1. The highest BCUT2D eigenvalue weighted by atomic mass is 16.5. The Hall–Kier alpha value is -5.17. The van der Waals surface area contributed by atoms with Crippen LogP contribution in [0.2, 0.25) is 0 Å². The molecular formula is C36H35N3O4. The maximum atomic E-state index is 13.3. The quantitative estimate of drug-likeness (QED) is 0.147. The zero-order chi connectivity index (χ0) is 30.2. The van der Waals surface area contributed by atoms with Gasteiger partial charge in [0.1, 0.15) is 11.5 Å². The molecule has 1 heterocycles. The molecule has 0 spiro atoms. The third-order valence-corrected chi connectivity index (χ3v) is 7.50. The Bertz CT molecular complexity index is 1660. The Morgan fingerprint density at radius 2 is 1.53 bits per heavy atom. The number of aromatic nitrogens is 1. The molecule has 1 unspecified atom stereocenters. The van der Waals surface area contributed by atoms with Gasteiger partial charge in [-0.25, -0.2) is 4.98 Å². The molecule has 0 bridgehead atoms. The van der Waals surface area contributed by atoms with Crippen LogP contribution in [-0.4, -0.2) is 29.3 Å². The summed E-state index contributed by atoms with van der Waals surface area (Å²) in [6.07, 6.45) is 0.724. The second-order valence-corrected chi connectivity index (χ2v) is 10.5. The predicted molar refractivity (Wildman–Crippen MR) is 168 cm³/mol. The van der Waals surface area contributed by atoms with Crippen molar-refractivity contribution < 1.29 is 18.7 Å². The van der Waals surface area contributed by atoms with E-state index < -0.39 is 5.91 Å². The molecule has 0 saturated heterocycles. The zero-order valence-corrected chi connectivity index (χ0v) is 24.3. The molecule has 2 atom stereocenters. The van der Waals surface area contributed by atoms with E-state index in [0.717, 1.165) is 28.3 Å². The molecule has 0 saturated carbocycles. The van der Waals surface area contributed by atoms with Gasteiger partial charge in [0, 0.05) is 47.2 Å². The Kier molecular flexibility index (Phi) is 9.32. The number of carbonyl (C=O) groups is 2. The van der Waals surface area contributed by atoms with Crippen molar-refractivity contribution in [1.82, 2.24) is 4.98 Å². The number of nitrogens with one attached hydrogen (secondary N) is 1. The van der Waals surface area contributed by atoms with Crippen molar-refractivity contribution in [2.45, 2.75) is 38.6 Å². The number of ether oxygens (including phenoxy) is 1. The van der Waals surface area contributed by atoms with Crippen LogP contribution in [0.1, 0.15) is 52.2 Å². The summed E-state index contributed by atoms with van der Waals surface area (Å²) < 4.78 is 11.9. The summed E-state index contributed by atoms with van der Waals surface area (Å²) in [7, 11) is 0. The predicted octanol–water partition coefficient (Wildman–Crippen LogP) is 6.96. The van der Waals surface area contributed by atoms with Gasteiger partial charge >= 0.3 is 0 Å². The van der Waals surface area contributed by atoms with E-state index in [-0.39, 0.29) is 24.2 Å². The maximum absolute atomic E-state index is 13.3. The fraction of sp³-hybridized carbons (Fsp3) is 0.194. The van der Waals surface area contributed by atoms with Crippen LogP contribution >= 0.6 is 0 Å². The fourth-order valence-corrected chi connectivity index (χ4v) is 5.05. The lowest BCUT2D eigenvalue weighted by Gasteiger charge is -2.27. The summed E-state index contributed by atoms with van der Waals surface area (Å²) in [5, 5.41) is 3.45. The number of hydrogen-bond acceptors (Lipinski definition) is 6. The van der Waals surface area contributed by atoms with Crippen molar-refractivity contribution in [2.24, 2.45) is 5.73 Å². The van der Waals surface area contributed by atoms with Gasteiger partial charge in [0.05, 0.1) is 12.3 Å². The van der Waals surface area contributed by atoms with E-state index in [0.29, 0.717) is 35.7 Å². The minimum atomic E-state index is -0.422. The number of anilines is 1. The summed E-state index contributed by atoms with van der Waals surface area (Å²) in [6, 6.07) is 33.8. The standard InChI is InChI=1S/C36H35N3O4/c1-24(33(23-34(37)40)38-32-16-10-9-15-30(32)35(41)27-11-5-3-6-12-27)26-17-19-29(20-18-26)42-22-21-31-25(2)43-36(39-31)28-13-7-4-8-14-28/h3-20,24,33,38H,21-23H2,1-2H3,(H2,37,40)/t24?,33-/m0/s1. The SMILES string of the molecule is Cc1oc(-c2ccccc2)nc1CCOc1ccc(C(C)[C@H](CC(N)=O)Nc2ccccc2C(=O)c2ccccc2)cc1. The lowest BCUT2D eigenvalue weighted by atomic mass is 9.90. The van der Waals surface area contributed by atoms with E-state index in [4.69, 9.17) is 14.9 Å². The third kappa shape index (κ3) is 7.38. The van der Waals surface area contributed by atoms with Crippen LogP contribution < -0.4 is 15.8 Å². The molecule has 3 N–H and O–H groups in total. The smallest absolute Gasteiger partial charge is 0.226 e. The number of carbonyl (C=O) groups excluding carboxylic acids is 2. The molecule has 218 valence electrons. The number of hydrogen-bond donors (Lipinski definition) is 2. The molecule has 0 aliphatic rings. The van der Waals surface area contributed by atoms with Gasteiger partial charge in [-0.2, -0.15) is 0 Å². The lowest BCUT2D eigenvalue weighted by molar-refractivity contribution is -0.118. The monoisotopic (exact) mass is 573 g/mol. The number of benzene rings is 4. The molecular weight excluding hydrogens is 538 g/mol. The zero-order valence-electron chi connectivity index (χ0n) is 24.3. The maximum Gasteiger partial charge on any atom is 0.226 e. The summed E-state index contributed by atoms with van der Waals surface area (Å²) in [6.45, 7) is 4.40. The first kappa shape index (κ1) is 29.3. The molecule has 0 radical (unpaired) electrons. The number of oxazole rings is 1. The average Bonchev–Trinajstić information content (AvgIpc) is 3.41. The molecule has 0 aliphatic heterocycles. The minimum Gasteiger partial charge on any atom is -0.493 e. The highest BCUT2D eigenvalue weighted by Crippen LogP contribution is 2.29. The lowest BCUT2D eigenvalue weighted by Crippen LogP contribution is -2.32. The Morgan fingerprint density at radius 1 is 0.884 bits per heavy atom. The van der Waals surface area contributed by atoms with Crippen molar-refractivity contribution in [1.29, 1.82) is 0 Å². The van der Waals surface area contributed by atoms with Gasteiger partial charge in [0.2, 0.25) is 11.8 Å². The number of ketones is 1. The number of primary amides is 1. The molecule has 0 fully saturated rings. The van der Waals surface area contributed by atoms with Crippen LogP contribution in [0.5, 0.6) is 5.75 Å². The van der Waals surface area contributed by atoms with Crippen LogP contribution in [0.15, 0.2) is 114 Å². The average molecular weight is 574 g/mol. The summed E-state index contributed by atoms with van der Waals surface area (Å²) in [5.41, 5.74) is 10.3. The van der Waals surface area contributed by atoms with E-state index >= 15 is 0 Å². The van der Waals surface area contributed by atoms with Gasteiger partial charge in [-0.3, -0.25) is 9.59 Å². The van der Waals surface area contributed by atoms with Crippen LogP contribution in [0.3, 0.4) is 0 Å². The summed E-state index contributed by atoms with van der Waals surface area (Å²) >= 11 is 0. The van der Waals surface area contributed by atoms with E-state index in [1.807, 2.05) is 105 Å². The first-order chi connectivity index (χ1) is 20.9. The largest absolute Gasteiger partial charge is 0.493 e. The van der Waals surface area contributed by atoms with Crippen molar-refractivity contribution in [3.8, 4) is 17.2 Å². The second kappa shape index (κ2) is 13.7. The van der Waals surface area contributed by atoms with Crippen LogP contribution in [0.25, 0.3) is 11.5 Å². The molecule has 1 amide bonds. The van der Waals surface area contributed by atoms with E-state index in [1.54, 1.807) is 18.2 Å². The first-order valence-corrected chi connectivity index (χ1v) is 14.4. The van der Waals surface area contributed by atoms with E-state index in [1.165, 1.54) is 0 Å². The van der Waals surface area contributed by atoms with E-state index in [9.17, 15) is 9.59 Å². The molecule has 0 aliphatic carbocycles. The number of rotatable bonds is 13. The molecule has 5 aromatic rings. The second-order valence-electron chi connectivity index (χ2n) is 10.5. The molecule has 4 aromatic carbocycles. The normalized spacial score (nSPS) is 12.3. The van der Waals surface area contributed by atoms with Gasteiger partial charge in [-0.15, -0.1) is 0 Å². The van der Waals surface area contributed by atoms with Crippen molar-refractivity contribution >= 4 is 17.4 Å².